The maximum atomic E-state index is 13.5. The Labute approximate surface area is 231 Å². The molecule has 0 radical (unpaired) electrons. The topological polar surface area (TPSA) is 105 Å². The first-order chi connectivity index (χ1) is 18.5. The molecule has 38 heavy (non-hydrogen) atoms. The van der Waals surface area contributed by atoms with E-state index >= 15 is 0 Å². The molecular formula is C25H21Cl2N9OS. The number of pyridine rings is 1. The van der Waals surface area contributed by atoms with Crippen LogP contribution in [0.5, 0.6) is 0 Å². The predicted molar refractivity (Wildman–Crippen MR) is 151 cm³/mol. The molecule has 5 aromatic rings. The summed E-state index contributed by atoms with van der Waals surface area (Å²) in [5.41, 5.74) is 4.33. The van der Waals surface area contributed by atoms with Crippen LogP contribution in [0.15, 0.2) is 59.4 Å². The van der Waals surface area contributed by atoms with Crippen LogP contribution in [0.4, 0.5) is 17.3 Å². The molecule has 1 saturated heterocycles. The van der Waals surface area contributed by atoms with Crippen LogP contribution >= 0.6 is 34.5 Å². The fraction of sp³-hybridized carbons (Fsp3) is 0.200. The smallest absolute Gasteiger partial charge is 0.282 e. The molecule has 6 rings (SSSR count). The zero-order chi connectivity index (χ0) is 26.2. The molecule has 0 unspecified atom stereocenters. The van der Waals surface area contributed by atoms with Gasteiger partial charge < -0.3 is 15.1 Å². The maximum absolute atomic E-state index is 13.5. The molecule has 192 valence electrons. The molecule has 1 aliphatic heterocycles. The molecule has 0 spiro atoms. The zero-order valence-electron chi connectivity index (χ0n) is 20.2. The summed E-state index contributed by atoms with van der Waals surface area (Å²) >= 11 is 14.1. The van der Waals surface area contributed by atoms with Crippen molar-refractivity contribution in [1.82, 2.24) is 34.6 Å². The predicted octanol–water partition coefficient (Wildman–Crippen LogP) is 4.50. The van der Waals surface area contributed by atoms with E-state index in [1.54, 1.807) is 11.7 Å². The van der Waals surface area contributed by atoms with Crippen LogP contribution in [0.1, 0.15) is 0 Å². The minimum absolute atomic E-state index is 0.195. The van der Waals surface area contributed by atoms with E-state index < -0.39 is 5.56 Å². The summed E-state index contributed by atoms with van der Waals surface area (Å²) < 4.78 is 1.16. The van der Waals surface area contributed by atoms with Gasteiger partial charge in [0.05, 0.1) is 25.8 Å². The fourth-order valence-corrected chi connectivity index (χ4v) is 5.42. The lowest BCUT2D eigenvalue weighted by Gasteiger charge is -2.34. The third kappa shape index (κ3) is 4.69. The van der Waals surface area contributed by atoms with Crippen LogP contribution < -0.4 is 15.8 Å². The summed E-state index contributed by atoms with van der Waals surface area (Å²) in [5.74, 6) is 0.342. The Bertz CT molecular complexity index is 1650. The van der Waals surface area contributed by atoms with Gasteiger partial charge in [0.15, 0.2) is 0 Å². The maximum Gasteiger partial charge on any atom is 0.282 e. The summed E-state index contributed by atoms with van der Waals surface area (Å²) in [4.78, 5) is 36.1. The molecule has 1 aromatic carbocycles. The summed E-state index contributed by atoms with van der Waals surface area (Å²) in [5, 5.41) is 8.50. The summed E-state index contributed by atoms with van der Waals surface area (Å²) in [6.45, 7) is 4.08. The van der Waals surface area contributed by atoms with E-state index in [4.69, 9.17) is 23.2 Å². The van der Waals surface area contributed by atoms with Gasteiger partial charge in [0.1, 0.15) is 16.9 Å². The molecule has 0 aliphatic carbocycles. The largest absolute Gasteiger partial charge is 0.369 e. The highest BCUT2D eigenvalue weighted by Gasteiger charge is 2.20. The Morgan fingerprint density at radius 1 is 0.947 bits per heavy atom. The van der Waals surface area contributed by atoms with E-state index in [-0.39, 0.29) is 21.1 Å². The normalized spacial score (nSPS) is 14.2. The molecule has 0 saturated carbocycles. The van der Waals surface area contributed by atoms with E-state index in [0.29, 0.717) is 17.2 Å². The highest BCUT2D eigenvalue weighted by molar-refractivity contribution is 7.13. The SMILES string of the molecule is CN1CCN(c2ccc(Nc3ncc4c(=O)n(-c5c(Cl)cncc5Cl)nc(-c5cncs5)c4n3)cc2)CC1. The molecule has 13 heteroatoms. The van der Waals surface area contributed by atoms with Crippen LogP contribution in [0, 0.1) is 0 Å². The van der Waals surface area contributed by atoms with Gasteiger partial charge in [-0.3, -0.25) is 14.8 Å². The lowest BCUT2D eigenvalue weighted by atomic mass is 10.2. The summed E-state index contributed by atoms with van der Waals surface area (Å²) in [6, 6.07) is 8.16. The van der Waals surface area contributed by atoms with E-state index in [1.807, 2.05) is 12.1 Å². The van der Waals surface area contributed by atoms with Crippen LogP contribution in [0.3, 0.4) is 0 Å². The van der Waals surface area contributed by atoms with Crippen LogP contribution in [0.2, 0.25) is 10.0 Å². The molecule has 1 N–H and O–H groups in total. The van der Waals surface area contributed by atoms with Gasteiger partial charge >= 0.3 is 0 Å². The fourth-order valence-electron chi connectivity index (χ4n) is 4.29. The van der Waals surface area contributed by atoms with Crippen molar-refractivity contribution in [3.05, 3.63) is 75.0 Å². The van der Waals surface area contributed by atoms with Crippen molar-refractivity contribution in [2.24, 2.45) is 0 Å². The molecule has 5 heterocycles. The molecule has 0 atom stereocenters. The molecule has 1 fully saturated rings. The zero-order valence-corrected chi connectivity index (χ0v) is 22.5. The second-order valence-corrected chi connectivity index (χ2v) is 10.5. The third-order valence-electron chi connectivity index (χ3n) is 6.33. The van der Waals surface area contributed by atoms with Crippen molar-refractivity contribution in [1.29, 1.82) is 0 Å². The van der Waals surface area contributed by atoms with Crippen molar-refractivity contribution < 1.29 is 0 Å². The number of fused-ring (bicyclic) bond motifs is 1. The number of rotatable bonds is 5. The number of aromatic nitrogens is 6. The highest BCUT2D eigenvalue weighted by Crippen LogP contribution is 2.31. The molecule has 0 amide bonds. The number of benzene rings is 1. The molecule has 4 aromatic heterocycles. The Morgan fingerprint density at radius 2 is 1.68 bits per heavy atom. The first kappa shape index (κ1) is 24.7. The van der Waals surface area contributed by atoms with Gasteiger partial charge in [-0.2, -0.15) is 9.78 Å². The standard InChI is InChI=1S/C25H21Cl2N9OS/c1-34-6-8-35(9-7-34)16-4-2-15(3-5-16)31-25-30-10-17-21(32-25)22(20-13-29-14-38-20)33-36(24(17)37)23-18(26)11-28-12-19(23)27/h2-5,10-14H,6-9H2,1H3,(H,30,31,32). The van der Waals surface area contributed by atoms with E-state index in [1.165, 1.54) is 35.6 Å². The third-order valence-corrected chi connectivity index (χ3v) is 7.67. The number of halogens is 2. The number of hydrogen-bond donors (Lipinski definition) is 1. The lowest BCUT2D eigenvalue weighted by Crippen LogP contribution is -2.44. The highest BCUT2D eigenvalue weighted by atomic mass is 35.5. The van der Waals surface area contributed by atoms with Crippen molar-refractivity contribution in [3.8, 4) is 16.3 Å². The number of hydrogen-bond acceptors (Lipinski definition) is 10. The Hall–Kier alpha value is -3.64. The van der Waals surface area contributed by atoms with Gasteiger partial charge in [0.25, 0.3) is 5.56 Å². The van der Waals surface area contributed by atoms with Gasteiger partial charge in [-0.1, -0.05) is 23.2 Å². The number of anilines is 3. The van der Waals surface area contributed by atoms with Crippen LogP contribution in [-0.4, -0.2) is 67.8 Å². The Morgan fingerprint density at radius 3 is 2.37 bits per heavy atom. The summed E-state index contributed by atoms with van der Waals surface area (Å²) in [7, 11) is 2.14. The van der Waals surface area contributed by atoms with E-state index in [9.17, 15) is 4.79 Å². The average Bonchev–Trinajstić information content (AvgIpc) is 3.46. The molecule has 0 bridgehead atoms. The first-order valence-electron chi connectivity index (χ1n) is 11.8. The van der Waals surface area contributed by atoms with Crippen molar-refractivity contribution in [3.63, 3.8) is 0 Å². The van der Waals surface area contributed by atoms with Gasteiger partial charge in [0, 0.05) is 62.3 Å². The minimum atomic E-state index is -0.452. The minimum Gasteiger partial charge on any atom is -0.369 e. The number of nitrogens with zero attached hydrogens (tertiary/aromatic N) is 8. The number of nitrogens with one attached hydrogen (secondary N) is 1. The van der Waals surface area contributed by atoms with Crippen LogP contribution in [0.25, 0.3) is 27.2 Å². The second-order valence-electron chi connectivity index (χ2n) is 8.80. The van der Waals surface area contributed by atoms with Crippen molar-refractivity contribution in [2.45, 2.75) is 0 Å². The van der Waals surface area contributed by atoms with Gasteiger partial charge in [-0.15, -0.1) is 11.3 Å². The van der Waals surface area contributed by atoms with Crippen molar-refractivity contribution >= 4 is 62.8 Å². The van der Waals surface area contributed by atoms with Gasteiger partial charge in [0.2, 0.25) is 5.95 Å². The number of thiazole rings is 1. The Balaban J connectivity index is 1.38. The van der Waals surface area contributed by atoms with Crippen molar-refractivity contribution in [2.75, 3.05) is 43.4 Å². The Kier molecular flexibility index (Phi) is 6.66. The van der Waals surface area contributed by atoms with Gasteiger partial charge in [-0.05, 0) is 31.3 Å². The number of piperazine rings is 1. The summed E-state index contributed by atoms with van der Waals surface area (Å²) in [6.07, 6.45) is 5.97. The number of likely N-dealkylation sites (N-methyl/N-ethyl adjacent to an activating group) is 1. The van der Waals surface area contributed by atoms with E-state index in [2.05, 4.69) is 59.3 Å². The molecular weight excluding hydrogens is 545 g/mol. The van der Waals surface area contributed by atoms with E-state index in [0.717, 1.165) is 41.4 Å². The monoisotopic (exact) mass is 565 g/mol. The molecule has 1 aliphatic rings. The average molecular weight is 566 g/mol. The lowest BCUT2D eigenvalue weighted by molar-refractivity contribution is 0.313. The molecule has 10 nitrogen and oxygen atoms in total. The van der Waals surface area contributed by atoms with Gasteiger partial charge in [-0.25, -0.2) is 9.97 Å². The quantitative estimate of drug-likeness (QED) is 0.329. The van der Waals surface area contributed by atoms with Crippen LogP contribution in [-0.2, 0) is 0 Å². The first-order valence-corrected chi connectivity index (χ1v) is 13.4. The second kappa shape index (κ2) is 10.3.